The molecule has 136 valence electrons. The standard InChI is InChI=1S/C19H30N6/c1-3-25-18(14-24-13-10-20-15(24)2)21-22-19(25)16-8-11-23(12-9-16)17-6-4-5-7-17/h10,13,16-17H,3-9,11-12,14H2,1-2H3. The monoisotopic (exact) mass is 342 g/mol. The Kier molecular flexibility index (Phi) is 4.88. The molecule has 2 aromatic heterocycles. The number of piperidine rings is 1. The summed E-state index contributed by atoms with van der Waals surface area (Å²) in [6.45, 7) is 8.38. The summed E-state index contributed by atoms with van der Waals surface area (Å²) in [6.07, 6.45) is 12.0. The topological polar surface area (TPSA) is 51.8 Å². The van der Waals surface area contributed by atoms with Crippen LogP contribution in [0.3, 0.4) is 0 Å². The molecule has 2 aliphatic rings. The third-order valence-electron chi connectivity index (χ3n) is 6.14. The van der Waals surface area contributed by atoms with Gasteiger partial charge in [-0.1, -0.05) is 12.8 Å². The summed E-state index contributed by atoms with van der Waals surface area (Å²) in [7, 11) is 0. The molecule has 3 heterocycles. The lowest BCUT2D eigenvalue weighted by Crippen LogP contribution is -2.40. The Balaban J connectivity index is 1.45. The SMILES string of the molecule is CCn1c(Cn2ccnc2C)nnc1C1CCN(C2CCCC2)CC1. The highest BCUT2D eigenvalue weighted by Gasteiger charge is 2.30. The van der Waals surface area contributed by atoms with Gasteiger partial charge in [0.25, 0.3) is 0 Å². The van der Waals surface area contributed by atoms with Crippen LogP contribution in [0.5, 0.6) is 0 Å². The quantitative estimate of drug-likeness (QED) is 0.838. The normalized spacial score (nSPS) is 20.6. The molecule has 0 amide bonds. The second kappa shape index (κ2) is 7.28. The Morgan fingerprint density at radius 2 is 1.84 bits per heavy atom. The van der Waals surface area contributed by atoms with E-state index in [9.17, 15) is 0 Å². The van der Waals surface area contributed by atoms with Gasteiger partial charge in [0.1, 0.15) is 11.6 Å². The van der Waals surface area contributed by atoms with E-state index in [1.54, 1.807) is 0 Å². The zero-order valence-electron chi connectivity index (χ0n) is 15.6. The van der Waals surface area contributed by atoms with Gasteiger partial charge in [-0.05, 0) is 52.6 Å². The van der Waals surface area contributed by atoms with Crippen molar-refractivity contribution in [1.82, 2.24) is 29.2 Å². The molecule has 2 fully saturated rings. The van der Waals surface area contributed by atoms with Gasteiger partial charge < -0.3 is 14.0 Å². The van der Waals surface area contributed by atoms with Crippen molar-refractivity contribution in [3.8, 4) is 0 Å². The number of likely N-dealkylation sites (tertiary alicyclic amines) is 1. The van der Waals surface area contributed by atoms with E-state index in [1.165, 1.54) is 57.4 Å². The van der Waals surface area contributed by atoms with E-state index in [2.05, 4.69) is 36.1 Å². The average molecular weight is 342 g/mol. The van der Waals surface area contributed by atoms with Gasteiger partial charge in [-0.15, -0.1) is 10.2 Å². The zero-order valence-corrected chi connectivity index (χ0v) is 15.6. The highest BCUT2D eigenvalue weighted by atomic mass is 15.3. The third kappa shape index (κ3) is 3.36. The number of imidazole rings is 1. The minimum absolute atomic E-state index is 0.558. The highest BCUT2D eigenvalue weighted by molar-refractivity contribution is 5.06. The first-order valence-corrected chi connectivity index (χ1v) is 9.90. The van der Waals surface area contributed by atoms with Gasteiger partial charge in [-0.25, -0.2) is 4.98 Å². The molecule has 1 saturated heterocycles. The molecule has 0 aromatic carbocycles. The van der Waals surface area contributed by atoms with E-state index in [4.69, 9.17) is 0 Å². The van der Waals surface area contributed by atoms with Crippen molar-refractivity contribution in [2.24, 2.45) is 0 Å². The van der Waals surface area contributed by atoms with Gasteiger partial charge >= 0.3 is 0 Å². The Morgan fingerprint density at radius 1 is 1.08 bits per heavy atom. The van der Waals surface area contributed by atoms with Gasteiger partial charge in [0.15, 0.2) is 5.82 Å². The minimum Gasteiger partial charge on any atom is -0.328 e. The van der Waals surface area contributed by atoms with Crippen molar-refractivity contribution in [1.29, 1.82) is 0 Å². The molecular weight excluding hydrogens is 312 g/mol. The third-order valence-corrected chi connectivity index (χ3v) is 6.14. The number of hydrogen-bond acceptors (Lipinski definition) is 4. The van der Waals surface area contributed by atoms with Crippen molar-refractivity contribution in [2.75, 3.05) is 13.1 Å². The summed E-state index contributed by atoms with van der Waals surface area (Å²) in [5.74, 6) is 3.83. The summed E-state index contributed by atoms with van der Waals surface area (Å²) in [6, 6.07) is 0.852. The zero-order chi connectivity index (χ0) is 17.2. The molecular formula is C19H30N6. The second-order valence-electron chi connectivity index (χ2n) is 7.57. The summed E-state index contributed by atoms with van der Waals surface area (Å²) in [5, 5.41) is 9.13. The van der Waals surface area contributed by atoms with E-state index in [0.717, 1.165) is 30.8 Å². The minimum atomic E-state index is 0.558. The van der Waals surface area contributed by atoms with Crippen LogP contribution in [0.15, 0.2) is 12.4 Å². The predicted molar refractivity (Wildman–Crippen MR) is 97.6 cm³/mol. The Morgan fingerprint density at radius 3 is 2.48 bits per heavy atom. The molecule has 1 aliphatic heterocycles. The smallest absolute Gasteiger partial charge is 0.153 e. The molecule has 1 aliphatic carbocycles. The van der Waals surface area contributed by atoms with Crippen LogP contribution in [-0.2, 0) is 13.1 Å². The number of hydrogen-bond donors (Lipinski definition) is 0. The Bertz CT molecular complexity index is 689. The molecule has 1 saturated carbocycles. The maximum atomic E-state index is 4.60. The second-order valence-corrected chi connectivity index (χ2v) is 7.57. The van der Waals surface area contributed by atoms with Crippen molar-refractivity contribution in [3.05, 3.63) is 29.9 Å². The van der Waals surface area contributed by atoms with Crippen LogP contribution >= 0.6 is 0 Å². The number of aryl methyl sites for hydroxylation is 1. The lowest BCUT2D eigenvalue weighted by atomic mass is 9.94. The van der Waals surface area contributed by atoms with E-state index >= 15 is 0 Å². The summed E-state index contributed by atoms with van der Waals surface area (Å²) in [4.78, 5) is 7.04. The fourth-order valence-electron chi connectivity index (χ4n) is 4.63. The first-order chi connectivity index (χ1) is 12.3. The molecule has 4 rings (SSSR count). The van der Waals surface area contributed by atoms with Crippen LogP contribution in [0.1, 0.15) is 68.8 Å². The first kappa shape index (κ1) is 16.8. The van der Waals surface area contributed by atoms with Crippen molar-refractivity contribution in [3.63, 3.8) is 0 Å². The van der Waals surface area contributed by atoms with Crippen molar-refractivity contribution >= 4 is 0 Å². The summed E-state index contributed by atoms with van der Waals surface area (Å²) < 4.78 is 4.47. The van der Waals surface area contributed by atoms with Gasteiger partial charge in [-0.3, -0.25) is 0 Å². The first-order valence-electron chi connectivity index (χ1n) is 9.90. The number of nitrogens with zero attached hydrogens (tertiary/aromatic N) is 6. The van der Waals surface area contributed by atoms with E-state index in [1.807, 2.05) is 19.3 Å². The van der Waals surface area contributed by atoms with Crippen LogP contribution in [0.25, 0.3) is 0 Å². The van der Waals surface area contributed by atoms with Gasteiger partial charge in [-0.2, -0.15) is 0 Å². The van der Waals surface area contributed by atoms with Crippen LogP contribution in [0.2, 0.25) is 0 Å². The summed E-state index contributed by atoms with van der Waals surface area (Å²) >= 11 is 0. The fraction of sp³-hybridized carbons (Fsp3) is 0.737. The lowest BCUT2D eigenvalue weighted by Gasteiger charge is -2.35. The van der Waals surface area contributed by atoms with Crippen LogP contribution in [-0.4, -0.2) is 48.3 Å². The van der Waals surface area contributed by atoms with E-state index in [-0.39, 0.29) is 0 Å². The van der Waals surface area contributed by atoms with E-state index < -0.39 is 0 Å². The van der Waals surface area contributed by atoms with Gasteiger partial charge in [0.2, 0.25) is 0 Å². The van der Waals surface area contributed by atoms with E-state index in [0.29, 0.717) is 5.92 Å². The van der Waals surface area contributed by atoms with Gasteiger partial charge in [0, 0.05) is 30.9 Å². The molecule has 0 unspecified atom stereocenters. The Labute approximate surface area is 150 Å². The molecule has 0 atom stereocenters. The largest absolute Gasteiger partial charge is 0.328 e. The molecule has 6 nitrogen and oxygen atoms in total. The molecule has 25 heavy (non-hydrogen) atoms. The van der Waals surface area contributed by atoms with Crippen LogP contribution in [0, 0.1) is 6.92 Å². The van der Waals surface area contributed by atoms with Crippen molar-refractivity contribution in [2.45, 2.75) is 77.4 Å². The predicted octanol–water partition coefficient (Wildman–Crippen LogP) is 2.97. The maximum Gasteiger partial charge on any atom is 0.153 e. The molecule has 0 radical (unpaired) electrons. The fourth-order valence-corrected chi connectivity index (χ4v) is 4.63. The number of rotatable bonds is 5. The lowest BCUT2D eigenvalue weighted by molar-refractivity contribution is 0.151. The average Bonchev–Trinajstić information content (AvgIpc) is 3.37. The molecule has 6 heteroatoms. The number of aromatic nitrogens is 5. The van der Waals surface area contributed by atoms with Gasteiger partial charge in [0.05, 0.1) is 6.54 Å². The molecule has 0 bridgehead atoms. The summed E-state index contributed by atoms with van der Waals surface area (Å²) in [5.41, 5.74) is 0. The van der Waals surface area contributed by atoms with Crippen LogP contribution < -0.4 is 0 Å². The highest BCUT2D eigenvalue weighted by Crippen LogP contribution is 2.32. The Hall–Kier alpha value is -1.69. The maximum absolute atomic E-state index is 4.60. The molecule has 0 N–H and O–H groups in total. The van der Waals surface area contributed by atoms with Crippen LogP contribution in [0.4, 0.5) is 0 Å². The van der Waals surface area contributed by atoms with Crippen molar-refractivity contribution < 1.29 is 0 Å². The molecule has 0 spiro atoms. The molecule has 2 aromatic rings.